The van der Waals surface area contributed by atoms with Gasteiger partial charge in [0.1, 0.15) is 0 Å². The number of aromatic amines is 2. The number of benzene rings is 2. The van der Waals surface area contributed by atoms with Gasteiger partial charge in [0.25, 0.3) is 5.89 Å². The topological polar surface area (TPSA) is 87.6 Å². The Morgan fingerprint density at radius 2 is 1.81 bits per heavy atom. The summed E-state index contributed by atoms with van der Waals surface area (Å²) in [5.41, 5.74) is 2.67. The fourth-order valence-electron chi connectivity index (χ4n) is 2.27. The molecule has 4 aromatic rings. The number of nitrogens with zero attached hydrogens (tertiary/aromatic N) is 2. The summed E-state index contributed by atoms with van der Waals surface area (Å²) in [6.07, 6.45) is 0. The molecule has 6 nitrogen and oxygen atoms in total. The summed E-state index contributed by atoms with van der Waals surface area (Å²) in [6.45, 7) is 0. The lowest BCUT2D eigenvalue weighted by Crippen LogP contribution is -1.99. The van der Waals surface area contributed by atoms with E-state index >= 15 is 0 Å². The van der Waals surface area contributed by atoms with Crippen molar-refractivity contribution < 1.29 is 4.52 Å². The van der Waals surface area contributed by atoms with Crippen molar-refractivity contribution in [1.82, 2.24) is 20.1 Å². The highest BCUT2D eigenvalue weighted by atomic mass is 16.5. The second kappa shape index (κ2) is 4.45. The third kappa shape index (κ3) is 1.93. The zero-order chi connectivity index (χ0) is 14.2. The van der Waals surface area contributed by atoms with Crippen molar-refractivity contribution in [1.29, 1.82) is 0 Å². The van der Waals surface area contributed by atoms with Gasteiger partial charge in [-0.05, 0) is 12.1 Å². The van der Waals surface area contributed by atoms with Crippen LogP contribution in [0.2, 0.25) is 0 Å². The van der Waals surface area contributed by atoms with Crippen LogP contribution in [0.15, 0.2) is 57.8 Å². The lowest BCUT2D eigenvalue weighted by Gasteiger charge is -1.95. The van der Waals surface area contributed by atoms with Crippen LogP contribution in [-0.2, 0) is 0 Å². The summed E-state index contributed by atoms with van der Waals surface area (Å²) in [5, 5.41) is 3.99. The molecule has 0 aliphatic heterocycles. The molecule has 0 amide bonds. The maximum atomic E-state index is 11.4. The van der Waals surface area contributed by atoms with E-state index in [1.165, 1.54) is 0 Å². The van der Waals surface area contributed by atoms with Crippen LogP contribution in [0.4, 0.5) is 0 Å². The van der Waals surface area contributed by atoms with Crippen LogP contribution < -0.4 is 5.69 Å². The number of rotatable bonds is 2. The van der Waals surface area contributed by atoms with Crippen LogP contribution in [-0.4, -0.2) is 20.1 Å². The van der Waals surface area contributed by atoms with Gasteiger partial charge in [0, 0.05) is 5.56 Å². The van der Waals surface area contributed by atoms with Crippen LogP contribution in [0.3, 0.4) is 0 Å². The lowest BCUT2D eigenvalue weighted by molar-refractivity contribution is 0.432. The predicted octanol–water partition coefficient (Wildman–Crippen LogP) is 2.57. The maximum Gasteiger partial charge on any atom is 0.323 e. The molecule has 2 aromatic heterocycles. The molecule has 0 aliphatic carbocycles. The number of nitrogens with one attached hydrogen (secondary N) is 2. The average Bonchev–Trinajstić information content (AvgIpc) is 3.13. The van der Waals surface area contributed by atoms with Crippen molar-refractivity contribution in [2.45, 2.75) is 0 Å². The first-order chi connectivity index (χ1) is 10.3. The first-order valence-corrected chi connectivity index (χ1v) is 6.42. The molecule has 0 saturated carbocycles. The lowest BCUT2D eigenvalue weighted by atomic mass is 10.2. The summed E-state index contributed by atoms with van der Waals surface area (Å²) >= 11 is 0. The number of hydrogen-bond acceptors (Lipinski definition) is 4. The Labute approximate surface area is 118 Å². The summed E-state index contributed by atoms with van der Waals surface area (Å²) < 4.78 is 5.33. The molecule has 0 unspecified atom stereocenters. The van der Waals surface area contributed by atoms with Gasteiger partial charge in [-0.2, -0.15) is 4.98 Å². The first-order valence-electron chi connectivity index (χ1n) is 6.42. The Morgan fingerprint density at radius 1 is 0.952 bits per heavy atom. The van der Waals surface area contributed by atoms with Gasteiger partial charge in [0.15, 0.2) is 0 Å². The van der Waals surface area contributed by atoms with Gasteiger partial charge in [0.05, 0.1) is 16.6 Å². The minimum atomic E-state index is -0.264. The van der Waals surface area contributed by atoms with Crippen LogP contribution in [0, 0.1) is 0 Å². The van der Waals surface area contributed by atoms with Crippen LogP contribution in [0.1, 0.15) is 0 Å². The molecule has 102 valence electrons. The molecule has 0 fully saturated rings. The Kier molecular flexibility index (Phi) is 2.47. The molecule has 21 heavy (non-hydrogen) atoms. The van der Waals surface area contributed by atoms with E-state index in [0.717, 1.165) is 5.56 Å². The van der Waals surface area contributed by atoms with Crippen molar-refractivity contribution >= 4 is 11.0 Å². The standard InChI is InChI=1S/C15H10N4O2/c20-15-16-11-8-4-7-10(12(11)17-15)14-18-13(19-21-14)9-5-2-1-3-6-9/h1-8H,(H2,16,17,20). The van der Waals surface area contributed by atoms with E-state index in [1.807, 2.05) is 48.5 Å². The Bertz CT molecular complexity index is 966. The fraction of sp³-hybridized carbons (Fsp3) is 0. The zero-order valence-corrected chi connectivity index (χ0v) is 10.8. The van der Waals surface area contributed by atoms with Gasteiger partial charge < -0.3 is 14.5 Å². The minimum Gasteiger partial charge on any atom is -0.334 e. The molecular formula is C15H10N4O2. The Hall–Kier alpha value is -3.15. The number of H-pyrrole nitrogens is 2. The summed E-state index contributed by atoms with van der Waals surface area (Å²) in [6, 6.07) is 15.0. The molecule has 4 rings (SSSR count). The summed E-state index contributed by atoms with van der Waals surface area (Å²) in [7, 11) is 0. The fourth-order valence-corrected chi connectivity index (χ4v) is 2.27. The van der Waals surface area contributed by atoms with Crippen molar-refractivity contribution in [2.75, 3.05) is 0 Å². The molecule has 0 saturated heterocycles. The molecular weight excluding hydrogens is 268 g/mol. The van der Waals surface area contributed by atoms with E-state index in [1.54, 1.807) is 0 Å². The summed E-state index contributed by atoms with van der Waals surface area (Å²) in [5.74, 6) is 0.884. The molecule has 0 bridgehead atoms. The molecule has 2 aromatic carbocycles. The third-order valence-electron chi connectivity index (χ3n) is 3.24. The van der Waals surface area contributed by atoms with Crippen LogP contribution >= 0.6 is 0 Å². The molecule has 0 aliphatic rings. The zero-order valence-electron chi connectivity index (χ0n) is 10.8. The van der Waals surface area contributed by atoms with Crippen molar-refractivity contribution in [3.8, 4) is 22.8 Å². The van der Waals surface area contributed by atoms with Gasteiger partial charge in [-0.3, -0.25) is 0 Å². The maximum absolute atomic E-state index is 11.4. The van der Waals surface area contributed by atoms with Crippen molar-refractivity contribution in [3.63, 3.8) is 0 Å². The van der Waals surface area contributed by atoms with Gasteiger partial charge >= 0.3 is 5.69 Å². The number of imidazole rings is 1. The Balaban J connectivity index is 1.87. The van der Waals surface area contributed by atoms with E-state index in [2.05, 4.69) is 20.1 Å². The largest absolute Gasteiger partial charge is 0.334 e. The minimum absolute atomic E-state index is 0.264. The van der Waals surface area contributed by atoms with Gasteiger partial charge in [-0.15, -0.1) is 0 Å². The second-order valence-electron chi connectivity index (χ2n) is 4.60. The monoisotopic (exact) mass is 278 g/mol. The van der Waals surface area contributed by atoms with E-state index in [4.69, 9.17) is 4.52 Å². The van der Waals surface area contributed by atoms with E-state index in [9.17, 15) is 4.79 Å². The number of hydrogen-bond donors (Lipinski definition) is 2. The SMILES string of the molecule is O=c1[nH]c2cccc(-c3nc(-c4ccccc4)no3)c2[nH]1. The summed E-state index contributed by atoms with van der Waals surface area (Å²) in [4.78, 5) is 21.3. The quantitative estimate of drug-likeness (QED) is 0.590. The predicted molar refractivity (Wildman–Crippen MR) is 77.6 cm³/mol. The van der Waals surface area contributed by atoms with E-state index in [0.29, 0.717) is 28.3 Å². The second-order valence-corrected chi connectivity index (χ2v) is 4.60. The molecule has 0 spiro atoms. The van der Waals surface area contributed by atoms with Crippen molar-refractivity contribution in [3.05, 3.63) is 59.0 Å². The molecule has 0 atom stereocenters. The molecule has 0 radical (unpaired) electrons. The Morgan fingerprint density at radius 3 is 2.67 bits per heavy atom. The van der Waals surface area contributed by atoms with Crippen molar-refractivity contribution in [2.24, 2.45) is 0 Å². The van der Waals surface area contributed by atoms with E-state index < -0.39 is 0 Å². The smallest absolute Gasteiger partial charge is 0.323 e. The van der Waals surface area contributed by atoms with E-state index in [-0.39, 0.29) is 5.69 Å². The molecule has 2 heterocycles. The highest BCUT2D eigenvalue weighted by molar-refractivity contribution is 5.89. The molecule has 2 N–H and O–H groups in total. The number of aromatic nitrogens is 4. The van der Waals surface area contributed by atoms with Gasteiger partial charge in [0.2, 0.25) is 5.82 Å². The third-order valence-corrected chi connectivity index (χ3v) is 3.24. The highest BCUT2D eigenvalue weighted by Gasteiger charge is 2.14. The van der Waals surface area contributed by atoms with Gasteiger partial charge in [-0.25, -0.2) is 4.79 Å². The van der Waals surface area contributed by atoms with Gasteiger partial charge in [-0.1, -0.05) is 41.6 Å². The van der Waals surface area contributed by atoms with Crippen LogP contribution in [0.25, 0.3) is 33.9 Å². The number of fused-ring (bicyclic) bond motifs is 1. The molecule has 6 heteroatoms. The first kappa shape index (κ1) is 11.7. The normalized spacial score (nSPS) is 11.0. The van der Waals surface area contributed by atoms with Crippen LogP contribution in [0.5, 0.6) is 0 Å². The number of para-hydroxylation sites is 1. The highest BCUT2D eigenvalue weighted by Crippen LogP contribution is 2.26. The average molecular weight is 278 g/mol.